The van der Waals surface area contributed by atoms with Gasteiger partial charge in [0, 0.05) is 11.8 Å². The number of rotatable bonds is 4. The number of hydrogen-bond donors (Lipinski definition) is 0. The Hall–Kier alpha value is -1.55. The van der Waals surface area contributed by atoms with Gasteiger partial charge in [-0.2, -0.15) is 13.2 Å². The summed E-state index contributed by atoms with van der Waals surface area (Å²) >= 11 is 5.91. The number of halogens is 5. The zero-order valence-corrected chi connectivity index (χ0v) is 11.8. The van der Waals surface area contributed by atoms with E-state index in [1.807, 2.05) is 0 Å². The normalized spacial score (nSPS) is 13.2. The minimum absolute atomic E-state index is 0.140. The van der Waals surface area contributed by atoms with Gasteiger partial charge in [0.1, 0.15) is 5.82 Å². The van der Waals surface area contributed by atoms with Crippen LogP contribution in [0, 0.1) is 5.82 Å². The molecule has 2 aromatic rings. The van der Waals surface area contributed by atoms with Gasteiger partial charge in [-0.15, -0.1) is 11.6 Å². The Labute approximate surface area is 125 Å². The Kier molecular flexibility index (Phi) is 4.88. The van der Waals surface area contributed by atoms with Crippen molar-refractivity contribution in [2.45, 2.75) is 18.5 Å². The lowest BCUT2D eigenvalue weighted by atomic mass is 9.93. The van der Waals surface area contributed by atoms with Crippen LogP contribution in [0.4, 0.5) is 17.6 Å². The van der Waals surface area contributed by atoms with Crippen molar-refractivity contribution in [2.75, 3.05) is 5.88 Å². The molecule has 0 aromatic heterocycles. The van der Waals surface area contributed by atoms with Crippen molar-refractivity contribution < 1.29 is 17.6 Å². The third-order valence-corrected chi connectivity index (χ3v) is 3.64. The minimum atomic E-state index is -4.34. The van der Waals surface area contributed by atoms with E-state index in [2.05, 4.69) is 0 Å². The maximum absolute atomic E-state index is 13.2. The Morgan fingerprint density at radius 3 is 2.19 bits per heavy atom. The fraction of sp³-hybridized carbons (Fsp3) is 0.250. The van der Waals surface area contributed by atoms with Crippen molar-refractivity contribution >= 4 is 11.6 Å². The maximum Gasteiger partial charge on any atom is 0.416 e. The zero-order valence-electron chi connectivity index (χ0n) is 11.0. The van der Waals surface area contributed by atoms with Gasteiger partial charge in [0.05, 0.1) is 5.56 Å². The van der Waals surface area contributed by atoms with Crippen LogP contribution in [0.3, 0.4) is 0 Å². The molecule has 0 bridgehead atoms. The van der Waals surface area contributed by atoms with E-state index in [0.29, 0.717) is 6.42 Å². The first-order valence-electron chi connectivity index (χ1n) is 6.37. The molecule has 0 aliphatic heterocycles. The van der Waals surface area contributed by atoms with Gasteiger partial charge in [0.2, 0.25) is 0 Å². The van der Waals surface area contributed by atoms with Gasteiger partial charge in [-0.1, -0.05) is 24.3 Å². The first-order chi connectivity index (χ1) is 9.90. The van der Waals surface area contributed by atoms with E-state index in [0.717, 1.165) is 23.3 Å². The minimum Gasteiger partial charge on any atom is -0.207 e. The highest BCUT2D eigenvalue weighted by Crippen LogP contribution is 2.30. The van der Waals surface area contributed by atoms with E-state index in [4.69, 9.17) is 11.6 Å². The molecule has 2 rings (SSSR count). The highest BCUT2D eigenvalue weighted by atomic mass is 35.5. The smallest absolute Gasteiger partial charge is 0.207 e. The monoisotopic (exact) mass is 316 g/mol. The average molecular weight is 317 g/mol. The summed E-state index contributed by atoms with van der Waals surface area (Å²) in [6, 6.07) is 11.1. The van der Waals surface area contributed by atoms with Crippen LogP contribution in [-0.2, 0) is 12.6 Å². The van der Waals surface area contributed by atoms with Crippen molar-refractivity contribution in [3.8, 4) is 0 Å². The van der Waals surface area contributed by atoms with E-state index in [1.165, 1.54) is 24.3 Å². The SMILES string of the molecule is Fc1cccc(C(CCl)Cc2ccc(C(F)(F)F)cc2)c1. The molecule has 1 unspecified atom stereocenters. The molecule has 5 heteroatoms. The summed E-state index contributed by atoms with van der Waals surface area (Å²) in [5.41, 5.74) is 0.794. The first-order valence-corrected chi connectivity index (χ1v) is 6.91. The molecule has 1 atom stereocenters. The molecule has 2 aromatic carbocycles. The first kappa shape index (κ1) is 15.8. The molecule has 0 radical (unpaired) electrons. The highest BCUT2D eigenvalue weighted by molar-refractivity contribution is 6.18. The maximum atomic E-state index is 13.2. The van der Waals surface area contributed by atoms with Gasteiger partial charge in [0.15, 0.2) is 0 Å². The third-order valence-electron chi connectivity index (χ3n) is 3.27. The molecule has 0 amide bonds. The van der Waals surface area contributed by atoms with Crippen LogP contribution in [0.1, 0.15) is 22.6 Å². The third kappa shape index (κ3) is 4.21. The summed E-state index contributed by atoms with van der Waals surface area (Å²) in [5, 5.41) is 0. The molecule has 0 aliphatic rings. The van der Waals surface area contributed by atoms with Gasteiger partial charge < -0.3 is 0 Å². The van der Waals surface area contributed by atoms with Crippen LogP contribution in [-0.4, -0.2) is 5.88 Å². The highest BCUT2D eigenvalue weighted by Gasteiger charge is 2.30. The number of hydrogen-bond acceptors (Lipinski definition) is 0. The predicted octanol–water partition coefficient (Wildman–Crippen LogP) is 5.41. The topological polar surface area (TPSA) is 0 Å². The molecule has 0 heterocycles. The van der Waals surface area contributed by atoms with E-state index in [9.17, 15) is 17.6 Å². The van der Waals surface area contributed by atoms with Crippen LogP contribution in [0.2, 0.25) is 0 Å². The van der Waals surface area contributed by atoms with Crippen LogP contribution < -0.4 is 0 Å². The average Bonchev–Trinajstić information content (AvgIpc) is 2.44. The van der Waals surface area contributed by atoms with Crippen molar-refractivity contribution in [2.24, 2.45) is 0 Å². The zero-order chi connectivity index (χ0) is 15.5. The van der Waals surface area contributed by atoms with Gasteiger partial charge in [-0.3, -0.25) is 0 Å². The summed E-state index contributed by atoms with van der Waals surface area (Å²) in [6.07, 6.45) is -3.88. The second kappa shape index (κ2) is 6.48. The van der Waals surface area contributed by atoms with Crippen molar-refractivity contribution in [3.63, 3.8) is 0 Å². The summed E-state index contributed by atoms with van der Waals surface area (Å²) in [7, 11) is 0. The molecule has 0 saturated heterocycles. The van der Waals surface area contributed by atoms with Gasteiger partial charge in [-0.05, 0) is 41.8 Å². The standard InChI is InChI=1S/C16H13ClF4/c17-10-13(12-2-1-3-15(18)9-12)8-11-4-6-14(7-5-11)16(19,20)21/h1-7,9,13H,8,10H2. The summed E-state index contributed by atoms with van der Waals surface area (Å²) in [6.45, 7) is 0. The van der Waals surface area contributed by atoms with Crippen LogP contribution >= 0.6 is 11.6 Å². The Balaban J connectivity index is 2.15. The van der Waals surface area contributed by atoms with E-state index in [-0.39, 0.29) is 17.6 Å². The van der Waals surface area contributed by atoms with Crippen molar-refractivity contribution in [1.29, 1.82) is 0 Å². The number of benzene rings is 2. The van der Waals surface area contributed by atoms with Gasteiger partial charge in [-0.25, -0.2) is 4.39 Å². The van der Waals surface area contributed by atoms with Crippen molar-refractivity contribution in [3.05, 3.63) is 71.0 Å². The molecule has 0 aliphatic carbocycles. The van der Waals surface area contributed by atoms with E-state index >= 15 is 0 Å². The largest absolute Gasteiger partial charge is 0.416 e. The second-order valence-corrected chi connectivity index (χ2v) is 5.11. The Bertz CT molecular complexity index is 590. The van der Waals surface area contributed by atoms with Crippen LogP contribution in [0.15, 0.2) is 48.5 Å². The molecule has 0 spiro atoms. The lowest BCUT2D eigenvalue weighted by Gasteiger charge is -2.15. The Morgan fingerprint density at radius 2 is 1.67 bits per heavy atom. The predicted molar refractivity (Wildman–Crippen MR) is 75.0 cm³/mol. The van der Waals surface area contributed by atoms with E-state index < -0.39 is 11.7 Å². The fourth-order valence-corrected chi connectivity index (χ4v) is 2.42. The molecular formula is C16H13ClF4. The fourth-order valence-electron chi connectivity index (χ4n) is 2.14. The molecular weight excluding hydrogens is 304 g/mol. The summed E-state index contributed by atoms with van der Waals surface area (Å²) in [4.78, 5) is 0. The second-order valence-electron chi connectivity index (χ2n) is 4.81. The molecule has 0 N–H and O–H groups in total. The molecule has 0 fully saturated rings. The Morgan fingerprint density at radius 1 is 1.00 bits per heavy atom. The van der Waals surface area contributed by atoms with Crippen LogP contribution in [0.5, 0.6) is 0 Å². The van der Waals surface area contributed by atoms with E-state index in [1.54, 1.807) is 12.1 Å². The van der Waals surface area contributed by atoms with Crippen molar-refractivity contribution in [1.82, 2.24) is 0 Å². The molecule has 0 saturated carbocycles. The summed E-state index contributed by atoms with van der Waals surface area (Å²) < 4.78 is 50.7. The lowest BCUT2D eigenvalue weighted by molar-refractivity contribution is -0.137. The molecule has 112 valence electrons. The lowest BCUT2D eigenvalue weighted by Crippen LogP contribution is -2.07. The van der Waals surface area contributed by atoms with Gasteiger partial charge in [0.25, 0.3) is 0 Å². The summed E-state index contributed by atoms with van der Waals surface area (Å²) in [5.74, 6) is -0.223. The quantitative estimate of drug-likeness (QED) is 0.522. The number of alkyl halides is 4. The molecule has 0 nitrogen and oxygen atoms in total. The van der Waals surface area contributed by atoms with Crippen LogP contribution in [0.25, 0.3) is 0 Å². The van der Waals surface area contributed by atoms with Gasteiger partial charge >= 0.3 is 6.18 Å². The molecule has 21 heavy (non-hydrogen) atoms.